The molecule has 1 N–H and O–H groups in total. The van der Waals surface area contributed by atoms with Crippen molar-refractivity contribution in [2.75, 3.05) is 11.9 Å². The second kappa shape index (κ2) is 8.57. The maximum atomic E-state index is 12.1. The summed E-state index contributed by atoms with van der Waals surface area (Å²) in [5.74, 6) is -1.09. The van der Waals surface area contributed by atoms with E-state index in [1.165, 1.54) is 35.6 Å². The molecule has 0 aliphatic heterocycles. The van der Waals surface area contributed by atoms with Crippen molar-refractivity contribution < 1.29 is 27.8 Å². The van der Waals surface area contributed by atoms with Gasteiger partial charge in [-0.2, -0.15) is 8.78 Å². The van der Waals surface area contributed by atoms with Crippen molar-refractivity contribution in [1.29, 1.82) is 0 Å². The molecule has 0 fully saturated rings. The van der Waals surface area contributed by atoms with Crippen molar-refractivity contribution in [2.24, 2.45) is 0 Å². The van der Waals surface area contributed by atoms with Crippen molar-refractivity contribution >= 4 is 28.9 Å². The highest BCUT2D eigenvalue weighted by Crippen LogP contribution is 2.23. The van der Waals surface area contributed by atoms with E-state index >= 15 is 0 Å². The molecule has 0 bridgehead atoms. The van der Waals surface area contributed by atoms with E-state index < -0.39 is 25.1 Å². The molecule has 0 unspecified atom stereocenters. The second-order valence-electron chi connectivity index (χ2n) is 5.07. The van der Waals surface area contributed by atoms with Gasteiger partial charge in [0.1, 0.15) is 10.6 Å². The molecule has 134 valence electrons. The fraction of sp³-hybridized carbons (Fsp3) is 0.294. The number of hydrogen-bond acceptors (Lipinski definition) is 5. The molecule has 1 aromatic carbocycles. The van der Waals surface area contributed by atoms with Gasteiger partial charge in [0.2, 0.25) is 0 Å². The minimum atomic E-state index is -2.91. The number of anilines is 1. The highest BCUT2D eigenvalue weighted by molar-refractivity contribution is 7.14. The van der Waals surface area contributed by atoms with E-state index in [0.29, 0.717) is 10.6 Å². The lowest BCUT2D eigenvalue weighted by molar-refractivity contribution is -0.119. The number of esters is 1. The van der Waals surface area contributed by atoms with Crippen LogP contribution in [-0.2, 0) is 16.0 Å². The van der Waals surface area contributed by atoms with Crippen molar-refractivity contribution in [3.63, 3.8) is 0 Å². The van der Waals surface area contributed by atoms with E-state index in [1.54, 1.807) is 6.07 Å². The van der Waals surface area contributed by atoms with Crippen LogP contribution < -0.4 is 10.1 Å². The second-order valence-corrected chi connectivity index (χ2v) is 6.33. The number of alkyl halides is 2. The first-order valence-electron chi connectivity index (χ1n) is 7.50. The zero-order chi connectivity index (χ0) is 18.4. The van der Waals surface area contributed by atoms with Crippen LogP contribution in [0, 0.1) is 6.92 Å². The smallest absolute Gasteiger partial charge is 0.387 e. The lowest BCUT2D eigenvalue weighted by atomic mass is 10.2. The molecule has 1 aromatic heterocycles. The normalized spacial score (nSPS) is 10.6. The van der Waals surface area contributed by atoms with Gasteiger partial charge < -0.3 is 14.8 Å². The molecule has 0 atom stereocenters. The van der Waals surface area contributed by atoms with E-state index in [1.807, 2.05) is 13.8 Å². The summed E-state index contributed by atoms with van der Waals surface area (Å²) < 4.78 is 33.3. The van der Waals surface area contributed by atoms with Crippen LogP contribution in [0.15, 0.2) is 30.3 Å². The molecule has 5 nitrogen and oxygen atoms in total. The van der Waals surface area contributed by atoms with Gasteiger partial charge in [0.25, 0.3) is 5.91 Å². The molecule has 1 heterocycles. The molecule has 0 aliphatic rings. The maximum absolute atomic E-state index is 12.1. The Bertz CT molecular complexity index is 744. The summed E-state index contributed by atoms with van der Waals surface area (Å²) in [5, 5.41) is 2.50. The van der Waals surface area contributed by atoms with Crippen LogP contribution in [0.4, 0.5) is 14.5 Å². The summed E-state index contributed by atoms with van der Waals surface area (Å²) in [7, 11) is 0. The number of carbonyl (C=O) groups is 2. The van der Waals surface area contributed by atoms with Crippen molar-refractivity contribution in [1.82, 2.24) is 0 Å². The Hall–Kier alpha value is -2.48. The Morgan fingerprint density at radius 3 is 2.48 bits per heavy atom. The van der Waals surface area contributed by atoms with Gasteiger partial charge in [0, 0.05) is 10.6 Å². The Morgan fingerprint density at radius 1 is 1.24 bits per heavy atom. The van der Waals surface area contributed by atoms with Gasteiger partial charge >= 0.3 is 12.6 Å². The zero-order valence-electron chi connectivity index (χ0n) is 13.7. The summed E-state index contributed by atoms with van der Waals surface area (Å²) in [6.45, 7) is 0.574. The highest BCUT2D eigenvalue weighted by Gasteiger charge is 2.15. The Labute approximate surface area is 147 Å². The van der Waals surface area contributed by atoms with Gasteiger partial charge in [0.15, 0.2) is 6.61 Å². The molecule has 0 saturated carbocycles. The summed E-state index contributed by atoms with van der Waals surface area (Å²) >= 11 is 1.33. The molecule has 1 amide bonds. The molecular weight excluding hydrogens is 352 g/mol. The molecule has 2 aromatic rings. The summed E-state index contributed by atoms with van der Waals surface area (Å²) in [6.07, 6.45) is 0.821. The number of halogens is 2. The molecule has 0 radical (unpaired) electrons. The van der Waals surface area contributed by atoms with Crippen LogP contribution >= 0.6 is 11.3 Å². The fourth-order valence-corrected chi connectivity index (χ4v) is 3.10. The predicted octanol–water partition coefficient (Wildman–Crippen LogP) is 4.02. The number of carbonyl (C=O) groups excluding carboxylic acids is 2. The average Bonchev–Trinajstić information content (AvgIpc) is 2.95. The van der Waals surface area contributed by atoms with E-state index in [9.17, 15) is 18.4 Å². The fourth-order valence-electron chi connectivity index (χ4n) is 2.09. The van der Waals surface area contributed by atoms with Gasteiger partial charge in [-0.05, 0) is 49.2 Å². The number of hydrogen-bond donors (Lipinski definition) is 1. The third-order valence-electron chi connectivity index (χ3n) is 3.30. The predicted molar refractivity (Wildman–Crippen MR) is 90.4 cm³/mol. The Morgan fingerprint density at radius 2 is 1.92 bits per heavy atom. The molecule has 0 saturated heterocycles. The molecule has 0 spiro atoms. The molecule has 25 heavy (non-hydrogen) atoms. The van der Waals surface area contributed by atoms with Gasteiger partial charge in [-0.1, -0.05) is 6.92 Å². The molecular formula is C17H17F2NO4S. The molecule has 8 heteroatoms. The number of aryl methyl sites for hydroxylation is 2. The topological polar surface area (TPSA) is 64.6 Å². The maximum Gasteiger partial charge on any atom is 0.387 e. The van der Waals surface area contributed by atoms with E-state index in [-0.39, 0.29) is 5.75 Å². The summed E-state index contributed by atoms with van der Waals surface area (Å²) in [4.78, 5) is 25.3. The van der Waals surface area contributed by atoms with Gasteiger partial charge in [0.05, 0.1) is 0 Å². The number of benzene rings is 1. The highest BCUT2D eigenvalue weighted by atomic mass is 32.1. The number of ether oxygens (including phenoxy) is 2. The summed E-state index contributed by atoms with van der Waals surface area (Å²) in [5.41, 5.74) is 1.45. The van der Waals surface area contributed by atoms with Crippen LogP contribution in [0.3, 0.4) is 0 Å². The first-order chi connectivity index (χ1) is 11.9. The molecule has 0 aliphatic carbocycles. The van der Waals surface area contributed by atoms with Crippen LogP contribution in [0.5, 0.6) is 5.75 Å². The number of thiophene rings is 1. The third-order valence-corrected chi connectivity index (χ3v) is 4.37. The average molecular weight is 369 g/mol. The van der Waals surface area contributed by atoms with Crippen LogP contribution in [0.2, 0.25) is 0 Å². The number of amides is 1. The zero-order valence-corrected chi connectivity index (χ0v) is 14.5. The van der Waals surface area contributed by atoms with Crippen LogP contribution in [0.1, 0.15) is 27.0 Å². The number of nitrogens with one attached hydrogen (secondary N) is 1. The monoisotopic (exact) mass is 369 g/mol. The van der Waals surface area contributed by atoms with Gasteiger partial charge in [-0.25, -0.2) is 4.79 Å². The van der Waals surface area contributed by atoms with Crippen molar-refractivity contribution in [2.45, 2.75) is 26.9 Å². The Balaban J connectivity index is 1.84. The SMILES string of the molecule is CCc1cc(C(=O)OCC(=O)Nc2ccc(OC(F)F)cc2)sc1C. The van der Waals surface area contributed by atoms with Crippen LogP contribution in [-0.4, -0.2) is 25.1 Å². The van der Waals surface area contributed by atoms with Crippen LogP contribution in [0.25, 0.3) is 0 Å². The van der Waals surface area contributed by atoms with Gasteiger partial charge in [-0.3, -0.25) is 4.79 Å². The van der Waals surface area contributed by atoms with Crippen molar-refractivity contribution in [3.8, 4) is 5.75 Å². The minimum Gasteiger partial charge on any atom is -0.451 e. The van der Waals surface area contributed by atoms with Crippen molar-refractivity contribution in [3.05, 3.63) is 45.6 Å². The van der Waals surface area contributed by atoms with E-state index in [0.717, 1.165) is 16.9 Å². The lowest BCUT2D eigenvalue weighted by Gasteiger charge is -2.08. The van der Waals surface area contributed by atoms with E-state index in [2.05, 4.69) is 10.1 Å². The lowest BCUT2D eigenvalue weighted by Crippen LogP contribution is -2.20. The third kappa shape index (κ3) is 5.53. The molecule has 2 rings (SSSR count). The number of rotatable bonds is 7. The van der Waals surface area contributed by atoms with E-state index in [4.69, 9.17) is 4.74 Å². The first kappa shape index (κ1) is 18.9. The quantitative estimate of drug-likeness (QED) is 0.749. The first-order valence-corrected chi connectivity index (χ1v) is 8.31. The standard InChI is InChI=1S/C17H17F2NO4S/c1-3-11-8-14(25-10(11)2)16(22)23-9-15(21)20-12-4-6-13(7-5-12)24-17(18)19/h4-8,17H,3,9H2,1-2H3,(H,20,21). The Kier molecular flexibility index (Phi) is 6.46. The largest absolute Gasteiger partial charge is 0.451 e. The minimum absolute atomic E-state index is 0.0146. The van der Waals surface area contributed by atoms with Gasteiger partial charge in [-0.15, -0.1) is 11.3 Å². The summed E-state index contributed by atoms with van der Waals surface area (Å²) in [6, 6.07) is 7.19.